The molecule has 1 atom stereocenters. The van der Waals surface area contributed by atoms with Crippen LogP contribution in [0, 0.1) is 6.92 Å². The quantitative estimate of drug-likeness (QED) is 0.946. The van der Waals surface area contributed by atoms with Gasteiger partial charge in [0.1, 0.15) is 0 Å². The number of nitrogens with one attached hydrogen (secondary N) is 1. The average molecular weight is 305 g/mol. The highest BCUT2D eigenvalue weighted by molar-refractivity contribution is 6.31. The second-order valence-corrected chi connectivity index (χ2v) is 6.00. The minimum atomic E-state index is 0.312. The predicted octanol–water partition coefficient (Wildman–Crippen LogP) is 2.53. The second-order valence-electron chi connectivity index (χ2n) is 5.59. The third kappa shape index (κ3) is 2.98. The molecule has 21 heavy (non-hydrogen) atoms. The lowest BCUT2D eigenvalue weighted by Gasteiger charge is -2.36. The summed E-state index contributed by atoms with van der Waals surface area (Å²) in [7, 11) is 1.99. The number of rotatable bonds is 3. The first-order chi connectivity index (χ1) is 10.2. The van der Waals surface area contributed by atoms with E-state index in [1.165, 1.54) is 16.8 Å². The Bertz CT molecular complexity index is 622. The molecule has 1 saturated heterocycles. The van der Waals surface area contributed by atoms with Crippen LogP contribution < -0.4 is 5.32 Å². The van der Waals surface area contributed by atoms with Crippen molar-refractivity contribution < 1.29 is 0 Å². The highest BCUT2D eigenvalue weighted by atomic mass is 35.5. The van der Waals surface area contributed by atoms with Crippen LogP contribution in [0.1, 0.15) is 22.9 Å². The van der Waals surface area contributed by atoms with Crippen LogP contribution in [-0.4, -0.2) is 34.3 Å². The Hall–Kier alpha value is -1.36. The van der Waals surface area contributed by atoms with Gasteiger partial charge in [0.05, 0.1) is 6.20 Å². The van der Waals surface area contributed by atoms with Crippen LogP contribution in [0.5, 0.6) is 0 Å². The Morgan fingerprint density at radius 3 is 2.90 bits per heavy atom. The van der Waals surface area contributed by atoms with E-state index < -0.39 is 0 Å². The van der Waals surface area contributed by atoms with Gasteiger partial charge in [0.2, 0.25) is 0 Å². The standard InChI is InChI=1S/C16H21ClN4/c1-12-13(9-19-20(12)2)11-21-8-7-18-10-16(21)14-5-3-4-6-15(14)17/h3-6,9,16,18H,7-8,10-11H2,1-2H3. The molecular formula is C16H21ClN4. The van der Waals surface area contributed by atoms with E-state index in [1.807, 2.05) is 30.1 Å². The largest absolute Gasteiger partial charge is 0.314 e. The van der Waals surface area contributed by atoms with E-state index in [9.17, 15) is 0 Å². The van der Waals surface area contributed by atoms with Gasteiger partial charge >= 0.3 is 0 Å². The van der Waals surface area contributed by atoms with Crippen LogP contribution in [0.2, 0.25) is 5.02 Å². The number of nitrogens with zero attached hydrogens (tertiary/aromatic N) is 3. The lowest BCUT2D eigenvalue weighted by atomic mass is 10.0. The molecule has 1 unspecified atom stereocenters. The Morgan fingerprint density at radius 2 is 2.19 bits per heavy atom. The number of halogens is 1. The maximum atomic E-state index is 6.39. The van der Waals surface area contributed by atoms with E-state index in [0.717, 1.165) is 31.2 Å². The third-order valence-corrected chi connectivity index (χ3v) is 4.67. The molecule has 1 N–H and O–H groups in total. The number of hydrogen-bond acceptors (Lipinski definition) is 3. The van der Waals surface area contributed by atoms with E-state index in [4.69, 9.17) is 11.6 Å². The van der Waals surface area contributed by atoms with Crippen molar-refractivity contribution in [1.82, 2.24) is 20.0 Å². The van der Waals surface area contributed by atoms with Gasteiger partial charge in [0.15, 0.2) is 0 Å². The SMILES string of the molecule is Cc1c(CN2CCNCC2c2ccccc2Cl)cnn1C. The van der Waals surface area contributed by atoms with Crippen LogP contribution in [0.3, 0.4) is 0 Å². The molecule has 2 aromatic rings. The van der Waals surface area contributed by atoms with Gasteiger partial charge in [-0.3, -0.25) is 9.58 Å². The fourth-order valence-corrected chi connectivity index (χ4v) is 3.17. The lowest BCUT2D eigenvalue weighted by Crippen LogP contribution is -2.45. The summed E-state index contributed by atoms with van der Waals surface area (Å²) < 4.78 is 1.93. The lowest BCUT2D eigenvalue weighted by molar-refractivity contribution is 0.153. The Morgan fingerprint density at radius 1 is 1.38 bits per heavy atom. The zero-order valence-corrected chi connectivity index (χ0v) is 13.3. The summed E-state index contributed by atoms with van der Waals surface area (Å²) in [5.74, 6) is 0. The summed E-state index contributed by atoms with van der Waals surface area (Å²) in [5.41, 5.74) is 3.72. The summed E-state index contributed by atoms with van der Waals surface area (Å²) in [6, 6.07) is 8.45. The molecule has 1 aliphatic heterocycles. The molecule has 0 aliphatic carbocycles. The van der Waals surface area contributed by atoms with E-state index in [-0.39, 0.29) is 0 Å². The van der Waals surface area contributed by atoms with Crippen molar-refractivity contribution in [2.75, 3.05) is 19.6 Å². The van der Waals surface area contributed by atoms with Crippen LogP contribution in [0.15, 0.2) is 30.5 Å². The fourth-order valence-electron chi connectivity index (χ4n) is 2.91. The van der Waals surface area contributed by atoms with Crippen LogP contribution in [-0.2, 0) is 13.6 Å². The van der Waals surface area contributed by atoms with Crippen molar-refractivity contribution >= 4 is 11.6 Å². The Labute approximate surface area is 130 Å². The highest BCUT2D eigenvalue weighted by Crippen LogP contribution is 2.29. The van der Waals surface area contributed by atoms with Gasteiger partial charge in [-0.2, -0.15) is 5.10 Å². The molecule has 4 nitrogen and oxygen atoms in total. The van der Waals surface area contributed by atoms with Gasteiger partial charge < -0.3 is 5.32 Å². The summed E-state index contributed by atoms with van der Waals surface area (Å²) >= 11 is 6.39. The van der Waals surface area contributed by atoms with E-state index >= 15 is 0 Å². The molecule has 112 valence electrons. The first-order valence-electron chi connectivity index (χ1n) is 7.33. The van der Waals surface area contributed by atoms with Crippen LogP contribution in [0.25, 0.3) is 0 Å². The first-order valence-corrected chi connectivity index (χ1v) is 7.71. The number of hydrogen-bond donors (Lipinski definition) is 1. The van der Waals surface area contributed by atoms with Crippen molar-refractivity contribution in [3.8, 4) is 0 Å². The molecule has 1 aliphatic rings. The van der Waals surface area contributed by atoms with Crippen molar-refractivity contribution in [2.24, 2.45) is 7.05 Å². The smallest absolute Gasteiger partial charge is 0.0537 e. The summed E-state index contributed by atoms with van der Waals surface area (Å²) in [5, 5.41) is 8.67. The molecule has 5 heteroatoms. The zero-order valence-electron chi connectivity index (χ0n) is 12.5. The topological polar surface area (TPSA) is 33.1 Å². The average Bonchev–Trinajstić information content (AvgIpc) is 2.81. The monoisotopic (exact) mass is 304 g/mol. The maximum absolute atomic E-state index is 6.39. The Balaban J connectivity index is 1.85. The highest BCUT2D eigenvalue weighted by Gasteiger charge is 2.26. The van der Waals surface area contributed by atoms with Crippen molar-refractivity contribution in [3.63, 3.8) is 0 Å². The molecule has 1 aromatic carbocycles. The number of piperazine rings is 1. The molecule has 0 saturated carbocycles. The molecular weight excluding hydrogens is 284 g/mol. The molecule has 3 rings (SSSR count). The van der Waals surface area contributed by atoms with E-state index in [0.29, 0.717) is 6.04 Å². The van der Waals surface area contributed by atoms with Crippen molar-refractivity contribution in [2.45, 2.75) is 19.5 Å². The molecule has 0 radical (unpaired) electrons. The van der Waals surface area contributed by atoms with Crippen molar-refractivity contribution in [1.29, 1.82) is 0 Å². The Kier molecular flexibility index (Phi) is 4.29. The van der Waals surface area contributed by atoms with Gasteiger partial charge in [-0.05, 0) is 18.6 Å². The minimum absolute atomic E-state index is 0.312. The van der Waals surface area contributed by atoms with Crippen molar-refractivity contribution in [3.05, 3.63) is 52.3 Å². The molecule has 1 aromatic heterocycles. The van der Waals surface area contributed by atoms with Gasteiger partial charge in [-0.1, -0.05) is 29.8 Å². The summed E-state index contributed by atoms with van der Waals surface area (Å²) in [6.45, 7) is 6.00. The predicted molar refractivity (Wildman–Crippen MR) is 85.4 cm³/mol. The van der Waals surface area contributed by atoms with E-state index in [2.05, 4.69) is 34.4 Å². The number of aryl methyl sites for hydroxylation is 1. The molecule has 0 bridgehead atoms. The first kappa shape index (κ1) is 14.6. The molecule has 1 fully saturated rings. The summed E-state index contributed by atoms with van der Waals surface area (Å²) in [4.78, 5) is 2.49. The summed E-state index contributed by atoms with van der Waals surface area (Å²) in [6.07, 6.45) is 1.97. The normalized spacial score (nSPS) is 19.9. The van der Waals surface area contributed by atoms with Gasteiger partial charge in [-0.25, -0.2) is 0 Å². The van der Waals surface area contributed by atoms with E-state index in [1.54, 1.807) is 0 Å². The van der Waals surface area contributed by atoms with Gasteiger partial charge in [0, 0.05) is 55.5 Å². The maximum Gasteiger partial charge on any atom is 0.0537 e. The molecule has 0 spiro atoms. The number of aromatic nitrogens is 2. The fraction of sp³-hybridized carbons (Fsp3) is 0.438. The zero-order chi connectivity index (χ0) is 14.8. The minimum Gasteiger partial charge on any atom is -0.314 e. The van der Waals surface area contributed by atoms with Crippen LogP contribution >= 0.6 is 11.6 Å². The molecule has 2 heterocycles. The van der Waals surface area contributed by atoms with Gasteiger partial charge in [-0.15, -0.1) is 0 Å². The number of benzene rings is 1. The molecule has 0 amide bonds. The van der Waals surface area contributed by atoms with Crippen LogP contribution in [0.4, 0.5) is 0 Å². The van der Waals surface area contributed by atoms with Gasteiger partial charge in [0.25, 0.3) is 0 Å². The third-order valence-electron chi connectivity index (χ3n) is 4.33. The second kappa shape index (κ2) is 6.18.